The van der Waals surface area contributed by atoms with Crippen molar-refractivity contribution in [1.82, 2.24) is 4.98 Å². The Kier molecular flexibility index (Phi) is 79.2. The fourth-order valence-electron chi connectivity index (χ4n) is 2.29. The average molecular weight is 674 g/mol. The number of unbranched alkanes of at least 4 members (excludes halogenated alkanes) is 2. The molecular weight excluding hydrogens is 587 g/mol. The molecule has 0 aliphatic heterocycles. The van der Waals surface area contributed by atoms with Gasteiger partial charge in [-0.3, -0.25) is 4.98 Å². The van der Waals surface area contributed by atoms with Gasteiger partial charge in [-0.2, -0.15) is 0 Å². The summed E-state index contributed by atoms with van der Waals surface area (Å²) in [5, 5.41) is 0. The molecule has 0 aliphatic rings. The van der Waals surface area contributed by atoms with E-state index in [9.17, 15) is 4.79 Å². The highest BCUT2D eigenvalue weighted by Gasteiger charge is 1.96. The van der Waals surface area contributed by atoms with Crippen molar-refractivity contribution in [1.29, 1.82) is 0 Å². The lowest BCUT2D eigenvalue weighted by molar-refractivity contribution is -0.116. The lowest BCUT2D eigenvalue weighted by Crippen LogP contribution is -1.86. The molecule has 0 aliphatic carbocycles. The van der Waals surface area contributed by atoms with Crippen LogP contribution < -0.4 is 0 Å². The molecule has 0 spiro atoms. The minimum atomic E-state index is 0.255. The molecule has 48 heavy (non-hydrogen) atoms. The van der Waals surface area contributed by atoms with E-state index in [1.54, 1.807) is 6.92 Å². The number of carbonyl (C=O) groups excluding carboxylic acids is 2. The summed E-state index contributed by atoms with van der Waals surface area (Å²) in [5.74, 6) is 0.255. The van der Waals surface area contributed by atoms with Crippen molar-refractivity contribution >= 4 is 12.6 Å². The number of ketones is 1. The van der Waals surface area contributed by atoms with Gasteiger partial charge in [0.1, 0.15) is 12.6 Å². The number of Topliss-reactive ketones (excluding diaryl/α,β-unsaturated/α-hetero) is 1. The highest BCUT2D eigenvalue weighted by molar-refractivity contribution is 5.74. The topological polar surface area (TPSA) is 47.0 Å². The van der Waals surface area contributed by atoms with Crippen LogP contribution in [-0.4, -0.2) is 17.6 Å². The number of rotatable bonds is 7. The summed E-state index contributed by atoms with van der Waals surface area (Å²) in [4.78, 5) is 21.8. The molecule has 0 fully saturated rings. The van der Waals surface area contributed by atoms with E-state index in [2.05, 4.69) is 118 Å². The van der Waals surface area contributed by atoms with E-state index in [0.717, 1.165) is 19.3 Å². The maximum atomic E-state index is 9.81. The molecule has 0 N–H and O–H groups in total. The van der Waals surface area contributed by atoms with Crippen molar-refractivity contribution in [3.63, 3.8) is 0 Å². The molecule has 0 amide bonds. The molecule has 2 rings (SSSR count). The number of carbonyl (C=O) groups is 2. The Morgan fingerprint density at radius 1 is 0.688 bits per heavy atom. The summed E-state index contributed by atoms with van der Waals surface area (Å²) in [6.45, 7) is 46.8. The number of benzene rings is 1. The number of hydrogen-bond donors (Lipinski definition) is 0. The lowest BCUT2D eigenvalue weighted by Gasteiger charge is -2.04. The largest absolute Gasteiger partial charge is 0.307 e. The Bertz CT molecular complexity index is 853. The second-order valence-corrected chi connectivity index (χ2v) is 10.4. The quantitative estimate of drug-likeness (QED) is 0.275. The van der Waals surface area contributed by atoms with Crippen molar-refractivity contribution in [3.05, 3.63) is 88.3 Å². The number of aromatic nitrogens is 1. The number of hydrogen-bond acceptors (Lipinski definition) is 3. The Balaban J connectivity index is -0.0000000671. The van der Waals surface area contributed by atoms with Gasteiger partial charge in [-0.25, -0.2) is 0 Å². The molecule has 0 unspecified atom stereocenters. The van der Waals surface area contributed by atoms with Crippen LogP contribution in [0.4, 0.5) is 0 Å². The van der Waals surface area contributed by atoms with Gasteiger partial charge in [0.2, 0.25) is 0 Å². The third-order valence-electron chi connectivity index (χ3n) is 6.22. The van der Waals surface area contributed by atoms with E-state index in [4.69, 9.17) is 4.79 Å². The number of pyridine rings is 1. The first-order valence-electron chi connectivity index (χ1n) is 18.8. The van der Waals surface area contributed by atoms with Crippen LogP contribution in [0.25, 0.3) is 0 Å². The van der Waals surface area contributed by atoms with Crippen LogP contribution in [0, 0.1) is 27.7 Å². The summed E-state index contributed by atoms with van der Waals surface area (Å²) in [5.41, 5.74) is 9.66. The zero-order valence-electron chi connectivity index (χ0n) is 36.4. The minimum absolute atomic E-state index is 0.255. The number of aryl methyl sites for hydroxylation is 4. The SMILES string of the molecule is C/C=C(\C)CCc1ccncc1.C=C(C)CC.C=O.CC.CC.CC.CCC(C)=O.CCCC.CCCC.Cc1cc(C)c(C)c(C)c1. The maximum absolute atomic E-state index is 9.81. The Morgan fingerprint density at radius 3 is 1.23 bits per heavy atom. The molecule has 1 heterocycles. The molecule has 0 saturated heterocycles. The second-order valence-electron chi connectivity index (χ2n) is 10.4. The van der Waals surface area contributed by atoms with E-state index in [0.29, 0.717) is 6.42 Å². The molecular formula is C45H87NO2. The van der Waals surface area contributed by atoms with Crippen molar-refractivity contribution in [3.8, 4) is 0 Å². The van der Waals surface area contributed by atoms with Gasteiger partial charge < -0.3 is 9.59 Å². The van der Waals surface area contributed by atoms with Gasteiger partial charge in [-0.05, 0) is 109 Å². The van der Waals surface area contributed by atoms with Crippen molar-refractivity contribution < 1.29 is 9.59 Å². The third kappa shape index (κ3) is 65.8. The van der Waals surface area contributed by atoms with Gasteiger partial charge in [0, 0.05) is 18.8 Å². The van der Waals surface area contributed by atoms with E-state index in [1.165, 1.54) is 64.6 Å². The molecule has 0 atom stereocenters. The zero-order chi connectivity index (χ0) is 39.9. The van der Waals surface area contributed by atoms with Gasteiger partial charge in [0.25, 0.3) is 0 Å². The van der Waals surface area contributed by atoms with Crippen molar-refractivity contribution in [2.24, 2.45) is 0 Å². The molecule has 3 heteroatoms. The molecule has 0 saturated carbocycles. The maximum Gasteiger partial charge on any atom is 0.129 e. The highest BCUT2D eigenvalue weighted by Crippen LogP contribution is 2.14. The molecule has 0 radical (unpaired) electrons. The van der Waals surface area contributed by atoms with Gasteiger partial charge in [-0.15, -0.1) is 6.58 Å². The third-order valence-corrected chi connectivity index (χ3v) is 6.22. The van der Waals surface area contributed by atoms with E-state index >= 15 is 0 Å². The fraction of sp³-hybridized carbons (Fsp3) is 0.622. The van der Waals surface area contributed by atoms with Gasteiger partial charge in [0.15, 0.2) is 0 Å². The Labute approximate surface area is 304 Å². The first kappa shape index (κ1) is 63.8. The monoisotopic (exact) mass is 674 g/mol. The lowest BCUT2D eigenvalue weighted by atomic mass is 10.0. The van der Waals surface area contributed by atoms with Crippen LogP contribution in [0.1, 0.15) is 184 Å². The van der Waals surface area contributed by atoms with Gasteiger partial charge in [-0.1, -0.05) is 144 Å². The molecule has 1 aromatic carbocycles. The smallest absolute Gasteiger partial charge is 0.129 e. The predicted molar refractivity (Wildman–Crippen MR) is 226 cm³/mol. The molecule has 1 aromatic heterocycles. The Morgan fingerprint density at radius 2 is 1.00 bits per heavy atom. The zero-order valence-corrected chi connectivity index (χ0v) is 36.4. The Hall–Kier alpha value is -2.81. The van der Waals surface area contributed by atoms with E-state index < -0.39 is 0 Å². The van der Waals surface area contributed by atoms with Crippen LogP contribution in [0.3, 0.4) is 0 Å². The van der Waals surface area contributed by atoms with E-state index in [1.807, 2.05) is 74.6 Å². The summed E-state index contributed by atoms with van der Waals surface area (Å²) in [6, 6.07) is 8.59. The normalized spacial score (nSPS) is 8.29. The summed E-state index contributed by atoms with van der Waals surface area (Å²) < 4.78 is 0. The van der Waals surface area contributed by atoms with E-state index in [-0.39, 0.29) is 5.78 Å². The minimum Gasteiger partial charge on any atom is -0.307 e. The molecule has 2 aromatic rings. The van der Waals surface area contributed by atoms with Crippen LogP contribution in [0.15, 0.2) is 60.5 Å². The van der Waals surface area contributed by atoms with Crippen LogP contribution in [0.2, 0.25) is 0 Å². The van der Waals surface area contributed by atoms with Gasteiger partial charge in [0.05, 0.1) is 0 Å². The van der Waals surface area contributed by atoms with Crippen molar-refractivity contribution in [2.45, 2.75) is 190 Å². The summed E-state index contributed by atoms with van der Waals surface area (Å²) >= 11 is 0. The highest BCUT2D eigenvalue weighted by atomic mass is 16.1. The molecule has 284 valence electrons. The van der Waals surface area contributed by atoms with Crippen LogP contribution in [-0.2, 0) is 16.0 Å². The van der Waals surface area contributed by atoms with Crippen molar-refractivity contribution in [2.75, 3.05) is 0 Å². The summed E-state index contributed by atoms with van der Waals surface area (Å²) in [6.07, 6.45) is 15.2. The molecule has 0 bridgehead atoms. The first-order chi connectivity index (χ1) is 22.8. The average Bonchev–Trinajstić information content (AvgIpc) is 3.14. The fourth-order valence-corrected chi connectivity index (χ4v) is 2.29. The van der Waals surface area contributed by atoms with Crippen LogP contribution in [0.5, 0.6) is 0 Å². The van der Waals surface area contributed by atoms with Gasteiger partial charge >= 0.3 is 0 Å². The standard InChI is InChI=1S/C11H15N.C10H14.C5H10.C4H8O.2C4H10.3C2H6.CH2O/c1-3-10(2)4-5-11-6-8-12-9-7-11;1-7-5-8(2)10(4)9(3)6-7;1-4-5(2)3;1-3-4(2)5;2*1-3-4-2;4*1-2/h3,6-9H,4-5H2,1-2H3;5-6H,1-4H3;2,4H2,1,3H3;3H2,1-2H3;2*3-4H2,1-2H3;3*1-2H3;1H2/b10-3+;;;;;;;;;. The molecule has 3 nitrogen and oxygen atoms in total. The van der Waals surface area contributed by atoms with Crippen LogP contribution >= 0.6 is 0 Å². The number of nitrogens with zero attached hydrogens (tertiary/aromatic N) is 1. The number of allylic oxidation sites excluding steroid dienone is 3. The first-order valence-corrected chi connectivity index (χ1v) is 18.8. The predicted octanol–water partition coefficient (Wildman–Crippen LogP) is 15.4. The summed E-state index contributed by atoms with van der Waals surface area (Å²) in [7, 11) is 0. The second kappa shape index (κ2) is 59.6.